The Bertz CT molecular complexity index is 5360. The predicted octanol–water partition coefficient (Wildman–Crippen LogP) is 20.8. The van der Waals surface area contributed by atoms with E-state index in [-0.39, 0.29) is 0 Å². The van der Waals surface area contributed by atoms with Crippen molar-refractivity contribution in [2.24, 2.45) is 0 Å². The van der Waals surface area contributed by atoms with Crippen LogP contribution >= 0.6 is 0 Å². The fraction of sp³-hybridized carbons (Fsp3) is 0. The Balaban J connectivity index is 0.907. The smallest absolute Gasteiger partial charge is 0.164 e. The average Bonchev–Trinajstić information content (AvgIpc) is 1.83. The number of fused-ring (bicyclic) bond motifs is 9. The molecule has 0 saturated heterocycles. The Morgan fingerprint density at radius 3 is 0.920 bits per heavy atom. The molecule has 0 spiro atoms. The molecule has 0 radical (unpaired) electrons. The van der Waals surface area contributed by atoms with E-state index in [9.17, 15) is 0 Å². The summed E-state index contributed by atoms with van der Waals surface area (Å²) in [7, 11) is 0. The molecule has 0 N–H and O–H groups in total. The third-order valence-electron chi connectivity index (χ3n) is 17.3. The zero-order chi connectivity index (χ0) is 57.4. The molecule has 13 aromatic carbocycles. The minimum atomic E-state index is 0.562. The van der Waals surface area contributed by atoms with Gasteiger partial charge in [0.25, 0.3) is 0 Å². The number of benzene rings is 13. The molecule has 0 bridgehead atoms. The molecule has 0 unspecified atom stereocenters. The maximum Gasteiger partial charge on any atom is 0.164 e. The summed E-state index contributed by atoms with van der Waals surface area (Å²) in [6, 6.07) is 113. The summed E-state index contributed by atoms with van der Waals surface area (Å²) in [6.07, 6.45) is 0. The number of aromatic nitrogens is 6. The quantitative estimate of drug-likeness (QED) is 0.137. The summed E-state index contributed by atoms with van der Waals surface area (Å²) in [5.41, 5.74) is 21.3. The fourth-order valence-electron chi connectivity index (χ4n) is 13.3. The van der Waals surface area contributed by atoms with Gasteiger partial charge in [0.2, 0.25) is 0 Å². The average molecular weight is 1110 g/mol. The van der Waals surface area contributed by atoms with Crippen LogP contribution in [0.1, 0.15) is 0 Å². The highest BCUT2D eigenvalue weighted by molar-refractivity contribution is 6.12. The van der Waals surface area contributed by atoms with Crippen LogP contribution in [0.4, 0.5) is 0 Å². The van der Waals surface area contributed by atoms with Crippen LogP contribution in [0.25, 0.3) is 161 Å². The first kappa shape index (κ1) is 49.8. The van der Waals surface area contributed by atoms with Crippen molar-refractivity contribution in [1.82, 2.24) is 28.7 Å². The van der Waals surface area contributed by atoms with Crippen molar-refractivity contribution < 1.29 is 0 Å². The Kier molecular flexibility index (Phi) is 11.8. The zero-order valence-corrected chi connectivity index (χ0v) is 47.2. The zero-order valence-electron chi connectivity index (χ0n) is 47.2. The lowest BCUT2D eigenvalue weighted by molar-refractivity contribution is 1.07. The van der Waals surface area contributed by atoms with E-state index in [1.165, 1.54) is 32.3 Å². The third kappa shape index (κ3) is 8.37. The molecule has 87 heavy (non-hydrogen) atoms. The number of rotatable bonds is 10. The van der Waals surface area contributed by atoms with Crippen LogP contribution in [-0.2, 0) is 0 Å². The lowest BCUT2D eigenvalue weighted by atomic mass is 9.95. The van der Waals surface area contributed by atoms with Gasteiger partial charge in [-0.1, -0.05) is 237 Å². The van der Waals surface area contributed by atoms with Crippen molar-refractivity contribution in [3.8, 4) is 95.7 Å². The first-order chi connectivity index (χ1) is 43.2. The molecule has 0 saturated carbocycles. The molecule has 0 aliphatic heterocycles. The Labute approximate surface area is 502 Å². The second-order valence-electron chi connectivity index (χ2n) is 22.3. The lowest BCUT2D eigenvalue weighted by Crippen LogP contribution is -2.03. The maximum absolute atomic E-state index is 5.57. The van der Waals surface area contributed by atoms with Crippen molar-refractivity contribution in [2.75, 3.05) is 0 Å². The van der Waals surface area contributed by atoms with Crippen molar-refractivity contribution in [1.29, 1.82) is 0 Å². The van der Waals surface area contributed by atoms with Gasteiger partial charge in [-0.25, -0.2) is 15.0 Å². The molecule has 6 heteroatoms. The SMILES string of the molecule is c1ccc(-c2ccc(-n3c4ccccc4c4ccccc43)c(-c3cccc(-c4nc(-c5ccc(-n6c7ccccc7c7ccccc76)c(-c6ccccc6)c5)nc(-c5ccc(-c6ccccc6)c(-n6c7ccccc7c7ccccc76)c5)n4)c3)c2)cc1. The summed E-state index contributed by atoms with van der Waals surface area (Å²) >= 11 is 0. The van der Waals surface area contributed by atoms with Gasteiger partial charge in [-0.15, -0.1) is 0 Å². The Morgan fingerprint density at radius 1 is 0.172 bits per heavy atom. The van der Waals surface area contributed by atoms with Crippen molar-refractivity contribution in [3.05, 3.63) is 315 Å². The van der Waals surface area contributed by atoms with Gasteiger partial charge in [0.1, 0.15) is 0 Å². The second-order valence-corrected chi connectivity index (χ2v) is 22.3. The summed E-state index contributed by atoms with van der Waals surface area (Å²) in [5, 5.41) is 7.21. The minimum Gasteiger partial charge on any atom is -0.309 e. The van der Waals surface area contributed by atoms with Gasteiger partial charge in [-0.3, -0.25) is 0 Å². The maximum atomic E-state index is 5.57. The molecule has 0 atom stereocenters. The first-order valence-corrected chi connectivity index (χ1v) is 29.6. The summed E-state index contributed by atoms with van der Waals surface area (Å²) in [5.74, 6) is 1.69. The van der Waals surface area contributed by atoms with Gasteiger partial charge >= 0.3 is 0 Å². The van der Waals surface area contributed by atoms with Crippen molar-refractivity contribution in [3.63, 3.8) is 0 Å². The predicted molar refractivity (Wildman–Crippen MR) is 361 cm³/mol. The number of hydrogen-bond donors (Lipinski definition) is 0. The molecule has 0 fully saturated rings. The van der Waals surface area contributed by atoms with Gasteiger partial charge in [0.05, 0.1) is 50.2 Å². The van der Waals surface area contributed by atoms with E-state index in [2.05, 4.69) is 329 Å². The molecule has 17 aromatic rings. The number of para-hydroxylation sites is 6. The molecule has 0 amide bonds. The summed E-state index contributed by atoms with van der Waals surface area (Å²) in [4.78, 5) is 16.7. The van der Waals surface area contributed by atoms with E-state index in [1.807, 2.05) is 0 Å². The van der Waals surface area contributed by atoms with Gasteiger partial charge in [-0.2, -0.15) is 0 Å². The van der Waals surface area contributed by atoms with E-state index in [0.717, 1.165) is 111 Å². The molecule has 4 aromatic heterocycles. The minimum absolute atomic E-state index is 0.562. The normalized spacial score (nSPS) is 11.7. The fourth-order valence-corrected chi connectivity index (χ4v) is 13.3. The van der Waals surface area contributed by atoms with Gasteiger partial charge in [0.15, 0.2) is 17.5 Å². The van der Waals surface area contributed by atoms with Crippen LogP contribution in [0.15, 0.2) is 315 Å². The molecule has 0 aliphatic carbocycles. The van der Waals surface area contributed by atoms with E-state index >= 15 is 0 Å². The molecule has 6 nitrogen and oxygen atoms in total. The van der Waals surface area contributed by atoms with Crippen LogP contribution < -0.4 is 0 Å². The van der Waals surface area contributed by atoms with Gasteiger partial charge in [-0.05, 0) is 107 Å². The molecule has 406 valence electrons. The monoisotopic (exact) mass is 1110 g/mol. The highest BCUT2D eigenvalue weighted by atomic mass is 15.0. The van der Waals surface area contributed by atoms with E-state index < -0.39 is 0 Å². The van der Waals surface area contributed by atoms with Crippen LogP contribution in [0.2, 0.25) is 0 Å². The Morgan fingerprint density at radius 2 is 0.471 bits per heavy atom. The second kappa shape index (κ2) is 20.6. The third-order valence-corrected chi connectivity index (χ3v) is 17.3. The van der Waals surface area contributed by atoms with Crippen LogP contribution in [0.3, 0.4) is 0 Å². The number of nitrogens with zero attached hydrogens (tertiary/aromatic N) is 6. The van der Waals surface area contributed by atoms with Crippen molar-refractivity contribution in [2.45, 2.75) is 0 Å². The summed E-state index contributed by atoms with van der Waals surface area (Å²) < 4.78 is 7.22. The van der Waals surface area contributed by atoms with Crippen LogP contribution in [0, 0.1) is 0 Å². The number of hydrogen-bond acceptors (Lipinski definition) is 3. The highest BCUT2D eigenvalue weighted by Crippen LogP contribution is 2.43. The molecule has 17 rings (SSSR count). The largest absolute Gasteiger partial charge is 0.309 e. The molecular formula is C81H52N6. The first-order valence-electron chi connectivity index (χ1n) is 29.6. The summed E-state index contributed by atoms with van der Waals surface area (Å²) in [6.45, 7) is 0. The van der Waals surface area contributed by atoms with E-state index in [4.69, 9.17) is 15.0 Å². The Hall–Kier alpha value is -11.7. The lowest BCUT2D eigenvalue weighted by Gasteiger charge is -2.18. The standard InChI is InChI=1S/C81H52N6/c1-4-23-53(24-5-1)56-44-47-77(86-72-39-18-12-33-64(72)65-34-13-19-40-73(65)86)69(50-56)57-29-22-30-58(49-57)79-82-80(59-45-48-76(68(51-59)55-27-8-3-9-28-55)85-70-37-16-10-31-62(70)63-32-11-17-38-71(63)85)84-81(83-79)60-43-46-61(54-25-6-2-7-26-54)78(52-60)87-74-41-20-14-35-66(74)67-36-15-21-42-75(67)87/h1-52H. The van der Waals surface area contributed by atoms with E-state index in [0.29, 0.717) is 17.5 Å². The molecule has 4 heterocycles. The van der Waals surface area contributed by atoms with Crippen molar-refractivity contribution >= 4 is 65.4 Å². The molecule has 0 aliphatic rings. The van der Waals surface area contributed by atoms with Gasteiger partial charge in [0, 0.05) is 65.7 Å². The molecular weight excluding hydrogens is 1060 g/mol. The topological polar surface area (TPSA) is 53.5 Å². The highest BCUT2D eigenvalue weighted by Gasteiger charge is 2.23. The van der Waals surface area contributed by atoms with Crippen LogP contribution in [0.5, 0.6) is 0 Å². The van der Waals surface area contributed by atoms with E-state index in [1.54, 1.807) is 0 Å². The van der Waals surface area contributed by atoms with Gasteiger partial charge < -0.3 is 13.7 Å². The van der Waals surface area contributed by atoms with Crippen LogP contribution in [-0.4, -0.2) is 28.7 Å².